The Bertz CT molecular complexity index is 786. The minimum Gasteiger partial charge on any atom is -0.471 e. The van der Waals surface area contributed by atoms with Gasteiger partial charge in [0.25, 0.3) is 6.43 Å². The van der Waals surface area contributed by atoms with E-state index in [-0.39, 0.29) is 11.9 Å². The molecule has 1 N–H and O–H groups in total. The van der Waals surface area contributed by atoms with E-state index in [0.717, 1.165) is 17.4 Å². The highest BCUT2D eigenvalue weighted by atomic mass is 19.3. The molecule has 2 rings (SSSR count). The van der Waals surface area contributed by atoms with Gasteiger partial charge in [-0.05, 0) is 38.6 Å². The number of ether oxygens (including phenoxy) is 1. The summed E-state index contributed by atoms with van der Waals surface area (Å²) in [5, 5.41) is 3.01. The molecule has 0 saturated heterocycles. The molecule has 0 aliphatic carbocycles. The van der Waals surface area contributed by atoms with E-state index in [9.17, 15) is 13.6 Å². The number of aldehydes is 1. The van der Waals surface area contributed by atoms with E-state index in [1.54, 1.807) is 32.4 Å². The van der Waals surface area contributed by atoms with Gasteiger partial charge >= 0.3 is 0 Å². The molecule has 6 nitrogen and oxygen atoms in total. The van der Waals surface area contributed by atoms with Gasteiger partial charge in [0, 0.05) is 48.7 Å². The van der Waals surface area contributed by atoms with Crippen LogP contribution in [0.25, 0.3) is 0 Å². The number of aromatic nitrogens is 2. The molecule has 1 unspecified atom stereocenters. The van der Waals surface area contributed by atoms with Crippen LogP contribution >= 0.6 is 0 Å². The molecule has 2 aromatic heterocycles. The number of alkyl halides is 2. The number of aryl methyl sites for hydroxylation is 1. The smallest absolute Gasteiger partial charge is 0.272 e. The molecule has 0 saturated carbocycles. The highest BCUT2D eigenvalue weighted by molar-refractivity contribution is 5.79. The molecular weight excluding hydrogens is 354 g/mol. The number of pyridine rings is 2. The van der Waals surface area contributed by atoms with Crippen molar-refractivity contribution in [1.82, 2.24) is 14.9 Å². The van der Waals surface area contributed by atoms with Crippen LogP contribution in [0.5, 0.6) is 5.88 Å². The summed E-state index contributed by atoms with van der Waals surface area (Å²) in [6, 6.07) is 3.53. The lowest BCUT2D eigenvalue weighted by atomic mass is 10.1. The molecule has 0 bridgehead atoms. The molecule has 2 heterocycles. The Morgan fingerprint density at radius 1 is 1.37 bits per heavy atom. The summed E-state index contributed by atoms with van der Waals surface area (Å²) in [5.41, 5.74) is 3.01. The van der Waals surface area contributed by atoms with Gasteiger partial charge in [0.05, 0.1) is 0 Å². The zero-order valence-corrected chi connectivity index (χ0v) is 15.9. The fourth-order valence-electron chi connectivity index (χ4n) is 2.75. The molecule has 0 aromatic carbocycles. The summed E-state index contributed by atoms with van der Waals surface area (Å²) in [4.78, 5) is 21.8. The van der Waals surface area contributed by atoms with Gasteiger partial charge in [-0.1, -0.05) is 0 Å². The summed E-state index contributed by atoms with van der Waals surface area (Å²) >= 11 is 0. The number of nitrogens with zero attached hydrogens (tertiary/aromatic N) is 3. The highest BCUT2D eigenvalue weighted by Crippen LogP contribution is 2.26. The first-order valence-corrected chi connectivity index (χ1v) is 8.55. The van der Waals surface area contributed by atoms with E-state index >= 15 is 0 Å². The van der Waals surface area contributed by atoms with Crippen molar-refractivity contribution in [3.63, 3.8) is 0 Å². The number of carbonyl (C=O) groups is 1. The average Bonchev–Trinajstić information content (AvgIpc) is 2.66. The largest absolute Gasteiger partial charge is 0.471 e. The Hall–Kier alpha value is -2.61. The topological polar surface area (TPSA) is 67.4 Å². The molecule has 0 amide bonds. The van der Waals surface area contributed by atoms with Crippen LogP contribution in [0.1, 0.15) is 40.0 Å². The third-order valence-electron chi connectivity index (χ3n) is 4.40. The maximum atomic E-state index is 12.3. The quantitative estimate of drug-likeness (QED) is 0.674. The van der Waals surface area contributed by atoms with Crippen molar-refractivity contribution in [3.05, 3.63) is 46.8 Å². The lowest BCUT2D eigenvalue weighted by Gasteiger charge is -2.26. The second kappa shape index (κ2) is 9.36. The van der Waals surface area contributed by atoms with Crippen LogP contribution in [0.4, 0.5) is 14.6 Å². The van der Waals surface area contributed by atoms with E-state index in [2.05, 4.69) is 20.2 Å². The van der Waals surface area contributed by atoms with Gasteiger partial charge in [-0.3, -0.25) is 9.69 Å². The fraction of sp³-hybridized carbons (Fsp3) is 0.421. The molecule has 27 heavy (non-hydrogen) atoms. The summed E-state index contributed by atoms with van der Waals surface area (Å²) in [7, 11) is 3.69. The van der Waals surface area contributed by atoms with Crippen LogP contribution in [0.2, 0.25) is 0 Å². The van der Waals surface area contributed by atoms with Crippen molar-refractivity contribution in [3.8, 4) is 5.88 Å². The minimum atomic E-state index is -2.54. The van der Waals surface area contributed by atoms with Gasteiger partial charge in [0.15, 0.2) is 12.9 Å². The Morgan fingerprint density at radius 2 is 2.11 bits per heavy atom. The van der Waals surface area contributed by atoms with Crippen molar-refractivity contribution >= 4 is 12.1 Å². The minimum absolute atomic E-state index is 0.0234. The Balaban J connectivity index is 2.17. The van der Waals surface area contributed by atoms with Gasteiger partial charge in [-0.2, -0.15) is 0 Å². The van der Waals surface area contributed by atoms with Crippen LogP contribution < -0.4 is 10.1 Å². The molecule has 1 atom stereocenters. The number of carbonyl (C=O) groups excluding carboxylic acids is 1. The second-order valence-electron chi connectivity index (χ2n) is 6.28. The van der Waals surface area contributed by atoms with Crippen molar-refractivity contribution in [2.45, 2.75) is 32.9 Å². The zero-order chi connectivity index (χ0) is 20.0. The molecule has 0 aliphatic rings. The maximum absolute atomic E-state index is 12.3. The number of rotatable bonds is 9. The van der Waals surface area contributed by atoms with Crippen molar-refractivity contribution < 1.29 is 18.3 Å². The molecule has 0 radical (unpaired) electrons. The molecule has 8 heteroatoms. The fourth-order valence-corrected chi connectivity index (χ4v) is 2.75. The van der Waals surface area contributed by atoms with E-state index < -0.39 is 13.0 Å². The first-order chi connectivity index (χ1) is 12.9. The number of anilines is 1. The van der Waals surface area contributed by atoms with E-state index in [4.69, 9.17) is 4.74 Å². The first-order valence-electron chi connectivity index (χ1n) is 8.55. The maximum Gasteiger partial charge on any atom is 0.272 e. The van der Waals surface area contributed by atoms with Gasteiger partial charge in [-0.25, -0.2) is 18.7 Å². The Labute approximate surface area is 157 Å². The average molecular weight is 378 g/mol. The van der Waals surface area contributed by atoms with E-state index in [1.165, 1.54) is 0 Å². The number of hydrogen-bond acceptors (Lipinski definition) is 6. The standard InChI is InChI=1S/C19H24F2N4O2/c1-12-7-15(8-24-19(12)27-11-17(20)21)13(2)25(4)9-16-14(10-26)5-6-23-18(16)22-3/h5-8,10,13,17H,9,11H2,1-4H3,(H,22,23). The highest BCUT2D eigenvalue weighted by Gasteiger charge is 2.18. The molecule has 0 fully saturated rings. The molecular formula is C19H24F2N4O2. The van der Waals surface area contributed by atoms with Crippen molar-refractivity contribution in [2.75, 3.05) is 26.0 Å². The first kappa shape index (κ1) is 20.7. The summed E-state index contributed by atoms with van der Waals surface area (Å²) in [6.07, 6.45) is 1.49. The monoisotopic (exact) mass is 378 g/mol. The lowest BCUT2D eigenvalue weighted by Crippen LogP contribution is -2.24. The van der Waals surface area contributed by atoms with Crippen LogP contribution in [0.3, 0.4) is 0 Å². The third kappa shape index (κ3) is 5.19. The van der Waals surface area contributed by atoms with E-state index in [0.29, 0.717) is 23.5 Å². The van der Waals surface area contributed by atoms with Crippen molar-refractivity contribution in [2.24, 2.45) is 0 Å². The SMILES string of the molecule is CNc1nccc(C=O)c1CN(C)C(C)c1cnc(OCC(F)F)c(C)c1. The predicted molar refractivity (Wildman–Crippen MR) is 99.5 cm³/mol. The van der Waals surface area contributed by atoms with Crippen LogP contribution in [-0.4, -0.2) is 48.3 Å². The Morgan fingerprint density at radius 3 is 2.70 bits per heavy atom. The third-order valence-corrected chi connectivity index (χ3v) is 4.40. The van der Waals surface area contributed by atoms with Crippen LogP contribution in [-0.2, 0) is 6.54 Å². The predicted octanol–water partition coefficient (Wildman–Crippen LogP) is 3.48. The van der Waals surface area contributed by atoms with Gasteiger partial charge < -0.3 is 10.1 Å². The number of hydrogen-bond donors (Lipinski definition) is 1. The van der Waals surface area contributed by atoms with Gasteiger partial charge in [0.1, 0.15) is 5.82 Å². The molecule has 0 aliphatic heterocycles. The van der Waals surface area contributed by atoms with Crippen LogP contribution in [0, 0.1) is 6.92 Å². The second-order valence-corrected chi connectivity index (χ2v) is 6.28. The molecule has 2 aromatic rings. The van der Waals surface area contributed by atoms with Gasteiger partial charge in [-0.15, -0.1) is 0 Å². The summed E-state index contributed by atoms with van der Waals surface area (Å²) < 4.78 is 29.6. The molecule has 0 spiro atoms. The van der Waals surface area contributed by atoms with Crippen LogP contribution in [0.15, 0.2) is 24.5 Å². The molecule has 146 valence electrons. The van der Waals surface area contributed by atoms with Crippen molar-refractivity contribution in [1.29, 1.82) is 0 Å². The normalized spacial score (nSPS) is 12.3. The number of nitrogens with one attached hydrogen (secondary N) is 1. The summed E-state index contributed by atoms with van der Waals surface area (Å²) in [6.45, 7) is 3.60. The Kier molecular flexibility index (Phi) is 7.18. The zero-order valence-electron chi connectivity index (χ0n) is 15.9. The summed E-state index contributed by atoms with van der Waals surface area (Å²) in [5.74, 6) is 0.866. The lowest BCUT2D eigenvalue weighted by molar-refractivity contribution is 0.0791. The van der Waals surface area contributed by atoms with E-state index in [1.807, 2.05) is 20.0 Å². The van der Waals surface area contributed by atoms with Gasteiger partial charge in [0.2, 0.25) is 5.88 Å². The number of halogens is 2.